The Hall–Kier alpha value is -6.18. The Labute approximate surface area is 464 Å². The molecule has 10 heteroatoms. The predicted molar refractivity (Wildman–Crippen MR) is 322 cm³/mol. The maximum atomic E-state index is 12.5. The van der Waals surface area contributed by atoms with E-state index in [0.717, 1.165) is 38.9 Å². The second kappa shape index (κ2) is 21.1. The normalized spacial score (nSPS) is 15.2. The van der Waals surface area contributed by atoms with Crippen molar-refractivity contribution in [1.82, 2.24) is 0 Å². The van der Waals surface area contributed by atoms with Gasteiger partial charge in [-0.05, 0) is 0 Å². The van der Waals surface area contributed by atoms with Crippen LogP contribution >= 0.6 is 16.5 Å². The van der Waals surface area contributed by atoms with Crippen LogP contribution in [0.3, 0.4) is 0 Å². The van der Waals surface area contributed by atoms with Crippen LogP contribution < -0.4 is 19.3 Å². The van der Waals surface area contributed by atoms with Gasteiger partial charge < -0.3 is 0 Å². The Bertz CT molecular complexity index is 3210. The van der Waals surface area contributed by atoms with Crippen molar-refractivity contribution in [2.24, 2.45) is 0 Å². The summed E-state index contributed by atoms with van der Waals surface area (Å²) in [5.41, 5.74) is 5.69. The Balaban J connectivity index is 1.45. The zero-order chi connectivity index (χ0) is 56.2. The molecule has 8 nitrogen and oxygen atoms in total. The van der Waals surface area contributed by atoms with Gasteiger partial charge in [0.2, 0.25) is 0 Å². The van der Waals surface area contributed by atoms with Gasteiger partial charge in [0.1, 0.15) is 0 Å². The number of rotatable bonds is 12. The number of hydrogen-bond donors (Lipinski definition) is 3. The van der Waals surface area contributed by atoms with E-state index in [4.69, 9.17) is 23.0 Å². The van der Waals surface area contributed by atoms with E-state index >= 15 is 0 Å². The monoisotopic (exact) mass is 1080 g/mol. The summed E-state index contributed by atoms with van der Waals surface area (Å²) in [4.78, 5) is 37.6. The standard InChI is InChI=1S/C68H76O8P2/c1-63(2,3)47-39-35-45(36-40-47)56-58(62(78(69,70)71)59(66(10,11)12)57(61(56)73-14)46-37-41-48(42-38-46)64(4,5)6)54-43-53(72-13)44-55(65(7,8)9)60(54)74-77-75-67(49-27-19-15-20-28-49,50-29-21-16-22-30-50)68(76-77,51-31-23-17-24-32-51)52-33-25-18-26-34-52/h15-44,69-71,78H,1-14H3. The topological polar surface area (TPSA) is 107 Å². The first kappa shape index (κ1) is 56.5. The molecule has 1 fully saturated rings. The summed E-state index contributed by atoms with van der Waals surface area (Å²) >= 11 is 0. The molecule has 0 amide bonds. The molecule has 0 aromatic heterocycles. The molecule has 406 valence electrons. The average molecular weight is 1080 g/mol. The van der Waals surface area contributed by atoms with E-state index in [9.17, 15) is 14.7 Å². The summed E-state index contributed by atoms with van der Waals surface area (Å²) in [6.45, 7) is 25.4. The second-order valence-corrected chi connectivity index (χ2v) is 27.3. The molecule has 0 spiro atoms. The molecular formula is C68H76O8P2. The Morgan fingerprint density at radius 3 is 1.13 bits per heavy atom. The van der Waals surface area contributed by atoms with E-state index in [1.165, 1.54) is 0 Å². The minimum atomic E-state index is -5.45. The second-order valence-electron chi connectivity index (χ2n) is 24.6. The van der Waals surface area contributed by atoms with Crippen molar-refractivity contribution in [1.29, 1.82) is 0 Å². The number of methoxy groups -OCH3 is 2. The van der Waals surface area contributed by atoms with Gasteiger partial charge in [-0.2, -0.15) is 0 Å². The molecule has 9 rings (SSSR count). The van der Waals surface area contributed by atoms with Gasteiger partial charge >= 0.3 is 467 Å². The van der Waals surface area contributed by atoms with E-state index < -0.39 is 38.6 Å². The van der Waals surface area contributed by atoms with Crippen molar-refractivity contribution in [3.63, 3.8) is 0 Å². The zero-order valence-corrected chi connectivity index (χ0v) is 49.5. The van der Waals surface area contributed by atoms with Gasteiger partial charge in [0.05, 0.1) is 0 Å². The fourth-order valence-corrected chi connectivity index (χ4v) is 14.2. The molecule has 3 N–H and O–H groups in total. The predicted octanol–water partition coefficient (Wildman–Crippen LogP) is 16.5. The summed E-state index contributed by atoms with van der Waals surface area (Å²) in [7, 11) is -4.62. The molecular weight excluding hydrogens is 1010 g/mol. The van der Waals surface area contributed by atoms with Crippen molar-refractivity contribution in [2.45, 2.75) is 116 Å². The average Bonchev–Trinajstić information content (AvgIpc) is 3.96. The van der Waals surface area contributed by atoms with Crippen LogP contribution in [0.4, 0.5) is 0 Å². The summed E-state index contributed by atoms with van der Waals surface area (Å²) in [6, 6.07) is 61.1. The SMILES string of the molecule is COc1cc(-c2c(-c3ccc(C(C)(C)C)cc3)c(OC)c(-c3ccc(C(C)(C)C)cc3)c(C(C)(C)C)c2[PH](O)(O)O)c(OP2OC(c3ccccc3)(c3ccccc3)C(c3ccccc3)(c3ccccc3)O2)c(C(C)(C)C)c1. The van der Waals surface area contributed by atoms with Gasteiger partial charge in [0.25, 0.3) is 0 Å². The summed E-state index contributed by atoms with van der Waals surface area (Å²) in [5.74, 6) is 1.30. The van der Waals surface area contributed by atoms with Crippen LogP contribution in [0.5, 0.6) is 17.2 Å². The molecule has 8 aromatic rings. The van der Waals surface area contributed by atoms with Crippen molar-refractivity contribution in [3.8, 4) is 50.6 Å². The maximum absolute atomic E-state index is 12.5. The Kier molecular flexibility index (Phi) is 15.3. The first-order chi connectivity index (χ1) is 36.8. The number of ether oxygens (including phenoxy) is 2. The molecule has 0 aliphatic carbocycles. The molecule has 8 aromatic carbocycles. The van der Waals surface area contributed by atoms with Crippen molar-refractivity contribution < 1.29 is 37.7 Å². The van der Waals surface area contributed by atoms with Gasteiger partial charge in [-0.3, -0.25) is 0 Å². The summed E-state index contributed by atoms with van der Waals surface area (Å²) in [5, 5.41) is -0.00886. The van der Waals surface area contributed by atoms with Crippen LogP contribution in [0.2, 0.25) is 0 Å². The van der Waals surface area contributed by atoms with Gasteiger partial charge in [0, 0.05) is 0 Å². The van der Waals surface area contributed by atoms with Crippen LogP contribution in [0, 0.1) is 0 Å². The van der Waals surface area contributed by atoms with Crippen LogP contribution in [0.25, 0.3) is 33.4 Å². The summed E-state index contributed by atoms with van der Waals surface area (Å²) in [6.07, 6.45) is 0. The number of hydrogen-bond acceptors (Lipinski definition) is 8. The van der Waals surface area contributed by atoms with Crippen molar-refractivity contribution in [2.75, 3.05) is 14.2 Å². The molecule has 1 aliphatic heterocycles. The van der Waals surface area contributed by atoms with Crippen LogP contribution in [-0.4, -0.2) is 28.9 Å². The van der Waals surface area contributed by atoms with E-state index in [1.54, 1.807) is 14.2 Å². The third-order valence-electron chi connectivity index (χ3n) is 15.0. The fraction of sp³-hybridized carbons (Fsp3) is 0.294. The van der Waals surface area contributed by atoms with E-state index in [2.05, 4.69) is 147 Å². The van der Waals surface area contributed by atoms with Crippen molar-refractivity contribution >= 4 is 21.9 Å². The molecule has 0 saturated carbocycles. The molecule has 0 bridgehead atoms. The van der Waals surface area contributed by atoms with Crippen LogP contribution in [0.15, 0.2) is 182 Å². The fourth-order valence-electron chi connectivity index (χ4n) is 11.2. The Morgan fingerprint density at radius 1 is 0.423 bits per heavy atom. The first-order valence-electron chi connectivity index (χ1n) is 26.7. The molecule has 78 heavy (non-hydrogen) atoms. The quantitative estimate of drug-likeness (QED) is 0.104. The van der Waals surface area contributed by atoms with Crippen molar-refractivity contribution in [3.05, 3.63) is 226 Å². The van der Waals surface area contributed by atoms with Gasteiger partial charge in [0.15, 0.2) is 0 Å². The molecule has 0 radical (unpaired) electrons. The molecule has 0 atom stereocenters. The van der Waals surface area contributed by atoms with Gasteiger partial charge in [-0.15, -0.1) is 0 Å². The number of benzene rings is 8. The van der Waals surface area contributed by atoms with Crippen LogP contribution in [-0.2, 0) is 41.9 Å². The molecule has 1 heterocycles. The first-order valence-corrected chi connectivity index (χ1v) is 29.7. The minimum absolute atomic E-state index is 0.00886. The van der Waals surface area contributed by atoms with Crippen LogP contribution in [0.1, 0.15) is 128 Å². The molecule has 0 unspecified atom stereocenters. The molecule has 1 aliphatic rings. The van der Waals surface area contributed by atoms with E-state index in [0.29, 0.717) is 56.2 Å². The van der Waals surface area contributed by atoms with Gasteiger partial charge in [-0.1, -0.05) is 0 Å². The summed E-state index contributed by atoms with van der Waals surface area (Å²) < 4.78 is 36.3. The van der Waals surface area contributed by atoms with E-state index in [-0.39, 0.29) is 16.1 Å². The van der Waals surface area contributed by atoms with E-state index in [1.807, 2.05) is 118 Å². The molecule has 1 saturated heterocycles. The Morgan fingerprint density at radius 2 is 0.808 bits per heavy atom. The third kappa shape index (κ3) is 10.3. The zero-order valence-electron chi connectivity index (χ0n) is 47.7. The third-order valence-corrected chi connectivity index (χ3v) is 17.4. The van der Waals surface area contributed by atoms with Gasteiger partial charge in [-0.25, -0.2) is 0 Å².